The fourth-order valence-corrected chi connectivity index (χ4v) is 4.88. The van der Waals surface area contributed by atoms with E-state index in [1.807, 2.05) is 18.2 Å². The molecular weight excluding hydrogens is 339 g/mol. The summed E-state index contributed by atoms with van der Waals surface area (Å²) >= 11 is 0. The number of rotatable bonds is 4. The van der Waals surface area contributed by atoms with Crippen molar-refractivity contribution in [2.75, 3.05) is 26.2 Å². The van der Waals surface area contributed by atoms with E-state index in [0.717, 1.165) is 25.6 Å². The Kier molecular flexibility index (Phi) is 5.51. The van der Waals surface area contributed by atoms with Crippen LogP contribution in [-0.2, 0) is 16.6 Å². The van der Waals surface area contributed by atoms with E-state index in [1.54, 1.807) is 6.92 Å². The summed E-state index contributed by atoms with van der Waals surface area (Å²) in [5.41, 5.74) is 1.80. The van der Waals surface area contributed by atoms with Crippen LogP contribution in [0.25, 0.3) is 0 Å². The van der Waals surface area contributed by atoms with Gasteiger partial charge in [0.25, 0.3) is 0 Å². The molecule has 1 heterocycles. The van der Waals surface area contributed by atoms with Gasteiger partial charge in [0.15, 0.2) is 0 Å². The molecule has 0 unspecified atom stereocenters. The Hall–Kier alpha value is -1.76. The van der Waals surface area contributed by atoms with Crippen molar-refractivity contribution in [1.29, 1.82) is 0 Å². The maximum Gasteiger partial charge on any atom is 0.243 e. The number of benzene rings is 2. The summed E-state index contributed by atoms with van der Waals surface area (Å²) in [6.45, 7) is 4.92. The Balaban J connectivity index is 1.73. The smallest absolute Gasteiger partial charge is 0.243 e. The lowest BCUT2D eigenvalue weighted by Crippen LogP contribution is -2.35. The predicted octanol–water partition coefficient (Wildman–Crippen LogP) is 3.03. The van der Waals surface area contributed by atoms with Crippen molar-refractivity contribution in [1.82, 2.24) is 9.21 Å². The molecule has 6 heteroatoms. The summed E-state index contributed by atoms with van der Waals surface area (Å²) in [7, 11) is -3.67. The molecule has 0 aromatic heterocycles. The molecule has 134 valence electrons. The lowest BCUT2D eigenvalue weighted by Gasteiger charge is -2.22. The predicted molar refractivity (Wildman–Crippen MR) is 96.2 cm³/mol. The molecule has 0 atom stereocenters. The van der Waals surface area contributed by atoms with Crippen LogP contribution in [0.15, 0.2) is 53.4 Å². The summed E-state index contributed by atoms with van der Waals surface area (Å²) in [5, 5.41) is 0. The van der Waals surface area contributed by atoms with Crippen molar-refractivity contribution in [3.05, 3.63) is 65.5 Å². The van der Waals surface area contributed by atoms with Gasteiger partial charge < -0.3 is 0 Å². The van der Waals surface area contributed by atoms with E-state index in [1.165, 1.54) is 22.0 Å². The molecule has 1 aliphatic heterocycles. The number of nitrogens with zero attached hydrogens (tertiary/aromatic N) is 2. The van der Waals surface area contributed by atoms with Crippen molar-refractivity contribution < 1.29 is 12.8 Å². The van der Waals surface area contributed by atoms with Crippen LogP contribution in [0.4, 0.5) is 4.39 Å². The van der Waals surface area contributed by atoms with Crippen LogP contribution < -0.4 is 0 Å². The second-order valence-corrected chi connectivity index (χ2v) is 8.34. The lowest BCUT2D eigenvalue weighted by molar-refractivity contribution is 0.278. The zero-order valence-corrected chi connectivity index (χ0v) is 15.2. The van der Waals surface area contributed by atoms with Crippen molar-refractivity contribution in [2.24, 2.45) is 0 Å². The highest BCUT2D eigenvalue weighted by atomic mass is 32.2. The van der Waals surface area contributed by atoms with Crippen LogP contribution in [0.5, 0.6) is 0 Å². The minimum atomic E-state index is -3.67. The maximum atomic E-state index is 13.5. The number of hydrogen-bond acceptors (Lipinski definition) is 3. The summed E-state index contributed by atoms with van der Waals surface area (Å²) < 4.78 is 40.9. The molecule has 2 aromatic carbocycles. The van der Waals surface area contributed by atoms with E-state index in [-0.39, 0.29) is 4.90 Å². The first-order valence-electron chi connectivity index (χ1n) is 8.49. The third kappa shape index (κ3) is 4.26. The Morgan fingerprint density at radius 1 is 1.00 bits per heavy atom. The number of sulfonamides is 1. The van der Waals surface area contributed by atoms with Crippen molar-refractivity contribution in [3.63, 3.8) is 0 Å². The molecule has 25 heavy (non-hydrogen) atoms. The van der Waals surface area contributed by atoms with E-state index >= 15 is 0 Å². The molecule has 1 fully saturated rings. The topological polar surface area (TPSA) is 40.6 Å². The van der Waals surface area contributed by atoms with Crippen LogP contribution >= 0.6 is 0 Å². The molecule has 0 saturated carbocycles. The summed E-state index contributed by atoms with van der Waals surface area (Å²) in [5.74, 6) is -0.523. The molecular formula is C19H23FN2O2S. The zero-order chi connectivity index (χ0) is 17.9. The first kappa shape index (κ1) is 18.0. The van der Waals surface area contributed by atoms with E-state index in [4.69, 9.17) is 0 Å². The van der Waals surface area contributed by atoms with Crippen molar-refractivity contribution >= 4 is 10.0 Å². The number of halogens is 1. The van der Waals surface area contributed by atoms with Crippen LogP contribution in [0.1, 0.15) is 17.5 Å². The third-order valence-corrected chi connectivity index (χ3v) is 6.61. The van der Waals surface area contributed by atoms with E-state index in [9.17, 15) is 12.8 Å². The van der Waals surface area contributed by atoms with Gasteiger partial charge in [-0.05, 0) is 43.1 Å². The second kappa shape index (κ2) is 7.64. The van der Waals surface area contributed by atoms with Gasteiger partial charge in [-0.1, -0.05) is 36.4 Å². The molecule has 0 spiro atoms. The van der Waals surface area contributed by atoms with Crippen LogP contribution in [-0.4, -0.2) is 43.8 Å². The minimum Gasteiger partial charge on any atom is -0.298 e. The fourth-order valence-electron chi connectivity index (χ4n) is 3.18. The quantitative estimate of drug-likeness (QED) is 0.839. The SMILES string of the molecule is Cc1ccc(F)cc1S(=O)(=O)N1CCCN(Cc2ccccc2)CC1. The molecule has 0 aliphatic carbocycles. The highest BCUT2D eigenvalue weighted by molar-refractivity contribution is 7.89. The molecule has 1 aliphatic rings. The largest absolute Gasteiger partial charge is 0.298 e. The van der Waals surface area contributed by atoms with Crippen LogP contribution in [0.3, 0.4) is 0 Å². The standard InChI is InChI=1S/C19H23FN2O2S/c1-16-8-9-18(20)14-19(16)25(23,24)22-11-5-10-21(12-13-22)15-17-6-3-2-4-7-17/h2-4,6-9,14H,5,10-13,15H2,1H3. The molecule has 0 bridgehead atoms. The van der Waals surface area contributed by atoms with Gasteiger partial charge in [0.05, 0.1) is 4.90 Å². The number of aryl methyl sites for hydroxylation is 1. The first-order chi connectivity index (χ1) is 12.0. The minimum absolute atomic E-state index is 0.0732. The molecule has 3 rings (SSSR count). The van der Waals surface area contributed by atoms with Crippen LogP contribution in [0, 0.1) is 12.7 Å². The van der Waals surface area contributed by atoms with Gasteiger partial charge in [0.1, 0.15) is 5.82 Å². The fraction of sp³-hybridized carbons (Fsp3) is 0.368. The molecule has 0 radical (unpaired) electrons. The summed E-state index contributed by atoms with van der Waals surface area (Å²) in [6, 6.07) is 14.1. The van der Waals surface area contributed by atoms with Gasteiger partial charge in [-0.2, -0.15) is 4.31 Å². The van der Waals surface area contributed by atoms with Gasteiger partial charge in [-0.25, -0.2) is 12.8 Å². The monoisotopic (exact) mass is 362 g/mol. The van der Waals surface area contributed by atoms with Gasteiger partial charge in [0.2, 0.25) is 10.0 Å². The zero-order valence-electron chi connectivity index (χ0n) is 14.4. The molecule has 0 amide bonds. The maximum absolute atomic E-state index is 13.5. The average molecular weight is 362 g/mol. The van der Waals surface area contributed by atoms with Crippen LogP contribution in [0.2, 0.25) is 0 Å². The highest BCUT2D eigenvalue weighted by Crippen LogP contribution is 2.22. The lowest BCUT2D eigenvalue weighted by atomic mass is 10.2. The molecule has 0 N–H and O–H groups in total. The Morgan fingerprint density at radius 2 is 1.76 bits per heavy atom. The Morgan fingerprint density at radius 3 is 2.52 bits per heavy atom. The second-order valence-electron chi connectivity index (χ2n) is 6.43. The van der Waals surface area contributed by atoms with Gasteiger partial charge >= 0.3 is 0 Å². The Labute approximate surface area is 148 Å². The Bertz CT molecular complexity index is 825. The van der Waals surface area contributed by atoms with Crippen molar-refractivity contribution in [2.45, 2.75) is 24.8 Å². The number of hydrogen-bond donors (Lipinski definition) is 0. The summed E-state index contributed by atoms with van der Waals surface area (Å²) in [6.07, 6.45) is 0.764. The van der Waals surface area contributed by atoms with Crippen molar-refractivity contribution in [3.8, 4) is 0 Å². The normalized spacial score (nSPS) is 17.4. The summed E-state index contributed by atoms with van der Waals surface area (Å²) in [4.78, 5) is 2.34. The van der Waals surface area contributed by atoms with Gasteiger partial charge in [0, 0.05) is 26.2 Å². The third-order valence-electron chi connectivity index (χ3n) is 4.56. The average Bonchev–Trinajstić information content (AvgIpc) is 2.84. The van der Waals surface area contributed by atoms with Gasteiger partial charge in [-0.15, -0.1) is 0 Å². The first-order valence-corrected chi connectivity index (χ1v) is 9.93. The van der Waals surface area contributed by atoms with Gasteiger partial charge in [-0.3, -0.25) is 4.90 Å². The molecule has 1 saturated heterocycles. The van der Waals surface area contributed by atoms with E-state index < -0.39 is 15.8 Å². The highest BCUT2D eigenvalue weighted by Gasteiger charge is 2.28. The van der Waals surface area contributed by atoms with E-state index in [2.05, 4.69) is 17.0 Å². The van der Waals surface area contributed by atoms with E-state index in [0.29, 0.717) is 25.2 Å². The molecule has 2 aromatic rings. The molecule has 4 nitrogen and oxygen atoms in total.